The number of benzene rings is 1. The number of anilines is 2. The van der Waals surface area contributed by atoms with Crippen LogP contribution in [0, 0.1) is 5.92 Å². The number of nitrogen functional groups attached to an aromatic ring is 1. The lowest BCUT2D eigenvalue weighted by molar-refractivity contribution is 0.205. The summed E-state index contributed by atoms with van der Waals surface area (Å²) >= 11 is 0. The highest BCUT2D eigenvalue weighted by atomic mass is 28.4. The van der Waals surface area contributed by atoms with E-state index in [4.69, 9.17) is 10.2 Å². The molecule has 0 atom stereocenters. The molecule has 0 unspecified atom stereocenters. The van der Waals surface area contributed by atoms with Crippen molar-refractivity contribution in [3.8, 4) is 0 Å². The minimum absolute atomic E-state index is 0.278. The predicted octanol–water partition coefficient (Wildman–Crippen LogP) is 4.39. The van der Waals surface area contributed by atoms with Gasteiger partial charge in [0.15, 0.2) is 8.32 Å². The van der Waals surface area contributed by atoms with Gasteiger partial charge in [-0.1, -0.05) is 20.8 Å². The molecule has 3 rings (SSSR count). The quantitative estimate of drug-likeness (QED) is 0.637. The second kappa shape index (κ2) is 6.89. The summed E-state index contributed by atoms with van der Waals surface area (Å²) < 4.78 is 8.29. The molecule has 0 radical (unpaired) electrons. The fraction of sp³-hybridized carbons (Fsp3) is 0.650. The van der Waals surface area contributed by atoms with Crippen LogP contribution in [0.4, 0.5) is 11.4 Å². The summed E-state index contributed by atoms with van der Waals surface area (Å²) in [4.78, 5) is 2.41. The third kappa shape index (κ3) is 3.91. The Morgan fingerprint density at radius 1 is 1.23 bits per heavy atom. The van der Waals surface area contributed by atoms with Crippen LogP contribution >= 0.6 is 0 Å². The highest BCUT2D eigenvalue weighted by Crippen LogP contribution is 2.37. The van der Waals surface area contributed by atoms with E-state index in [-0.39, 0.29) is 5.04 Å². The summed E-state index contributed by atoms with van der Waals surface area (Å²) in [6.45, 7) is 14.6. The third-order valence-corrected chi connectivity index (χ3v) is 10.7. The molecule has 1 aromatic carbocycles. The van der Waals surface area contributed by atoms with Gasteiger partial charge in [-0.3, -0.25) is 4.68 Å². The average Bonchev–Trinajstić information content (AvgIpc) is 2.90. The first-order chi connectivity index (χ1) is 12.1. The lowest BCUT2D eigenvalue weighted by Crippen LogP contribution is -2.43. The lowest BCUT2D eigenvalue weighted by atomic mass is 9.97. The van der Waals surface area contributed by atoms with Crippen molar-refractivity contribution in [3.05, 3.63) is 18.3 Å². The lowest BCUT2D eigenvalue weighted by Gasteiger charge is -2.39. The van der Waals surface area contributed by atoms with Gasteiger partial charge in [-0.2, -0.15) is 5.10 Å². The zero-order valence-corrected chi connectivity index (χ0v) is 18.2. The van der Waals surface area contributed by atoms with Gasteiger partial charge in [0.1, 0.15) is 0 Å². The molecule has 2 heterocycles. The van der Waals surface area contributed by atoms with Gasteiger partial charge in [-0.15, -0.1) is 0 Å². The summed E-state index contributed by atoms with van der Waals surface area (Å²) in [6, 6.07) is 4.18. The standard InChI is InChI=1S/C20H34N4OSi/c1-20(2,3)26(5,6)25-14-15-7-9-24(10-8-15)19-12-18-16(11-17(19)21)13-23(4)22-18/h11-13,15H,7-10,14,21H2,1-6H3. The molecule has 26 heavy (non-hydrogen) atoms. The van der Waals surface area contributed by atoms with Gasteiger partial charge in [0.05, 0.1) is 16.9 Å². The number of aryl methyl sites for hydroxylation is 1. The Balaban J connectivity index is 1.61. The Morgan fingerprint density at radius 2 is 1.88 bits per heavy atom. The summed E-state index contributed by atoms with van der Waals surface area (Å²) in [6.07, 6.45) is 4.34. The van der Waals surface area contributed by atoms with Crippen LogP contribution in [-0.2, 0) is 11.5 Å². The van der Waals surface area contributed by atoms with Crippen molar-refractivity contribution in [2.45, 2.75) is 51.7 Å². The molecule has 1 fully saturated rings. The van der Waals surface area contributed by atoms with E-state index in [1.807, 2.05) is 24.0 Å². The van der Waals surface area contributed by atoms with Crippen molar-refractivity contribution in [1.82, 2.24) is 9.78 Å². The van der Waals surface area contributed by atoms with Crippen molar-refractivity contribution in [2.24, 2.45) is 13.0 Å². The van der Waals surface area contributed by atoms with Crippen LogP contribution in [0.3, 0.4) is 0 Å². The molecule has 6 heteroatoms. The Hall–Kier alpha value is -1.53. The van der Waals surface area contributed by atoms with E-state index < -0.39 is 8.32 Å². The van der Waals surface area contributed by atoms with Crippen molar-refractivity contribution < 1.29 is 4.43 Å². The summed E-state index contributed by atoms with van der Waals surface area (Å²) in [5.74, 6) is 0.653. The molecular formula is C20H34N4OSi. The van der Waals surface area contributed by atoms with Gasteiger partial charge in [-0.05, 0) is 49.0 Å². The van der Waals surface area contributed by atoms with Crippen LogP contribution in [0.1, 0.15) is 33.6 Å². The van der Waals surface area contributed by atoms with E-state index in [0.717, 1.165) is 54.8 Å². The SMILES string of the molecule is Cn1cc2cc(N)c(N3CCC(CO[Si](C)(C)C(C)(C)C)CC3)cc2n1. The van der Waals surface area contributed by atoms with Crippen molar-refractivity contribution in [2.75, 3.05) is 30.3 Å². The van der Waals surface area contributed by atoms with Crippen molar-refractivity contribution >= 4 is 30.6 Å². The minimum atomic E-state index is -1.65. The molecular weight excluding hydrogens is 340 g/mol. The predicted molar refractivity (Wildman–Crippen MR) is 113 cm³/mol. The first kappa shape index (κ1) is 19.2. The van der Waals surface area contributed by atoms with Gasteiger partial charge >= 0.3 is 0 Å². The van der Waals surface area contributed by atoms with Gasteiger partial charge < -0.3 is 15.1 Å². The van der Waals surface area contributed by atoms with E-state index in [1.54, 1.807) is 0 Å². The normalized spacial score (nSPS) is 17.2. The zero-order valence-electron chi connectivity index (χ0n) is 17.2. The molecule has 144 valence electrons. The fourth-order valence-electron chi connectivity index (χ4n) is 3.36. The Labute approximate surface area is 158 Å². The van der Waals surface area contributed by atoms with E-state index in [2.05, 4.69) is 49.9 Å². The molecule has 0 bridgehead atoms. The molecule has 2 aromatic rings. The van der Waals surface area contributed by atoms with E-state index in [0.29, 0.717) is 5.92 Å². The number of aromatic nitrogens is 2. The van der Waals surface area contributed by atoms with Gasteiger partial charge in [0, 0.05) is 38.3 Å². The summed E-state index contributed by atoms with van der Waals surface area (Å²) in [7, 11) is 0.297. The molecule has 5 nitrogen and oxygen atoms in total. The molecule has 1 aliphatic rings. The molecule has 2 N–H and O–H groups in total. The fourth-order valence-corrected chi connectivity index (χ4v) is 4.44. The molecule has 1 aliphatic heterocycles. The van der Waals surface area contributed by atoms with E-state index in [9.17, 15) is 0 Å². The smallest absolute Gasteiger partial charge is 0.191 e. The number of piperidine rings is 1. The second-order valence-electron chi connectivity index (χ2n) is 9.27. The highest BCUT2D eigenvalue weighted by Gasteiger charge is 2.37. The first-order valence-corrected chi connectivity index (χ1v) is 12.6. The van der Waals surface area contributed by atoms with Gasteiger partial charge in [0.2, 0.25) is 0 Å². The minimum Gasteiger partial charge on any atom is -0.417 e. The molecule has 0 aliphatic carbocycles. The number of rotatable bonds is 4. The van der Waals surface area contributed by atoms with Crippen molar-refractivity contribution in [3.63, 3.8) is 0 Å². The van der Waals surface area contributed by atoms with Crippen molar-refractivity contribution in [1.29, 1.82) is 0 Å². The van der Waals surface area contributed by atoms with Crippen LogP contribution in [-0.4, -0.2) is 37.8 Å². The molecule has 1 saturated heterocycles. The monoisotopic (exact) mass is 374 g/mol. The zero-order chi connectivity index (χ0) is 19.1. The maximum absolute atomic E-state index is 6.44. The maximum atomic E-state index is 6.44. The maximum Gasteiger partial charge on any atom is 0.191 e. The van der Waals surface area contributed by atoms with Crippen LogP contribution in [0.25, 0.3) is 10.9 Å². The Bertz CT molecular complexity index is 770. The molecule has 0 spiro atoms. The number of nitrogens with two attached hydrogens (primary N) is 1. The van der Waals surface area contributed by atoms with Crippen LogP contribution in [0.2, 0.25) is 18.1 Å². The van der Waals surface area contributed by atoms with Gasteiger partial charge in [-0.25, -0.2) is 0 Å². The number of nitrogens with zero attached hydrogens (tertiary/aromatic N) is 3. The Kier molecular flexibility index (Phi) is 5.10. The molecule has 0 amide bonds. The second-order valence-corrected chi connectivity index (χ2v) is 14.1. The Morgan fingerprint density at radius 3 is 2.50 bits per heavy atom. The topological polar surface area (TPSA) is 56.3 Å². The summed E-state index contributed by atoms with van der Waals surface area (Å²) in [5, 5.41) is 5.90. The average molecular weight is 375 g/mol. The number of hydrogen-bond acceptors (Lipinski definition) is 4. The number of hydrogen-bond donors (Lipinski definition) is 1. The number of fused-ring (bicyclic) bond motifs is 1. The van der Waals surface area contributed by atoms with E-state index in [1.165, 1.54) is 0 Å². The summed E-state index contributed by atoms with van der Waals surface area (Å²) in [5.41, 5.74) is 9.31. The van der Waals surface area contributed by atoms with Crippen LogP contribution < -0.4 is 10.6 Å². The third-order valence-electron chi connectivity index (χ3n) is 6.21. The molecule has 1 aromatic heterocycles. The molecule has 0 saturated carbocycles. The van der Waals surface area contributed by atoms with E-state index >= 15 is 0 Å². The van der Waals surface area contributed by atoms with Crippen LogP contribution in [0.5, 0.6) is 0 Å². The van der Waals surface area contributed by atoms with Gasteiger partial charge in [0.25, 0.3) is 0 Å². The highest BCUT2D eigenvalue weighted by molar-refractivity contribution is 6.74. The van der Waals surface area contributed by atoms with Crippen LogP contribution in [0.15, 0.2) is 18.3 Å². The first-order valence-electron chi connectivity index (χ1n) is 9.68. The largest absolute Gasteiger partial charge is 0.417 e.